The molecule has 0 saturated heterocycles. The molecule has 2 rings (SSSR count). The van der Waals surface area contributed by atoms with E-state index >= 15 is 0 Å². The number of hydrogen-bond acceptors (Lipinski definition) is 2. The molecule has 1 atom stereocenters. The summed E-state index contributed by atoms with van der Waals surface area (Å²) in [5, 5.41) is 6.54. The Balaban J connectivity index is 1.64. The van der Waals surface area contributed by atoms with Crippen LogP contribution in [0.1, 0.15) is 51.0 Å². The SMILES string of the molecule is CC(C)C(CNCCCC(=O)NC1CC1)c1ccccc1. The maximum absolute atomic E-state index is 11.6. The molecule has 1 amide bonds. The van der Waals surface area contributed by atoms with Crippen molar-refractivity contribution in [1.29, 1.82) is 0 Å². The van der Waals surface area contributed by atoms with Gasteiger partial charge in [-0.25, -0.2) is 0 Å². The minimum Gasteiger partial charge on any atom is -0.353 e. The van der Waals surface area contributed by atoms with Gasteiger partial charge in [0.15, 0.2) is 0 Å². The maximum Gasteiger partial charge on any atom is 0.220 e. The molecule has 116 valence electrons. The van der Waals surface area contributed by atoms with Crippen molar-refractivity contribution in [3.63, 3.8) is 0 Å². The monoisotopic (exact) mass is 288 g/mol. The van der Waals surface area contributed by atoms with Crippen LogP contribution in [0.4, 0.5) is 0 Å². The molecule has 0 aromatic heterocycles. The third-order valence-electron chi connectivity index (χ3n) is 4.10. The number of carbonyl (C=O) groups excluding carboxylic acids is 1. The van der Waals surface area contributed by atoms with Crippen molar-refractivity contribution in [3.8, 4) is 0 Å². The van der Waals surface area contributed by atoms with Gasteiger partial charge in [-0.15, -0.1) is 0 Å². The summed E-state index contributed by atoms with van der Waals surface area (Å²) >= 11 is 0. The van der Waals surface area contributed by atoms with Gasteiger partial charge in [0.1, 0.15) is 0 Å². The average molecular weight is 288 g/mol. The molecular formula is C18H28N2O. The normalized spacial score (nSPS) is 16.0. The second kappa shape index (κ2) is 8.18. The first-order valence-electron chi connectivity index (χ1n) is 8.22. The van der Waals surface area contributed by atoms with Crippen LogP contribution < -0.4 is 10.6 Å². The van der Waals surface area contributed by atoms with E-state index in [2.05, 4.69) is 54.8 Å². The first-order chi connectivity index (χ1) is 10.2. The third-order valence-corrected chi connectivity index (χ3v) is 4.10. The maximum atomic E-state index is 11.6. The highest BCUT2D eigenvalue weighted by Gasteiger charge is 2.22. The topological polar surface area (TPSA) is 41.1 Å². The van der Waals surface area contributed by atoms with Crippen molar-refractivity contribution in [2.45, 2.75) is 51.5 Å². The Labute approximate surface area is 128 Å². The molecule has 0 aliphatic heterocycles. The number of benzene rings is 1. The van der Waals surface area contributed by atoms with Crippen molar-refractivity contribution < 1.29 is 4.79 Å². The molecule has 1 saturated carbocycles. The van der Waals surface area contributed by atoms with Crippen LogP contribution in [-0.4, -0.2) is 25.0 Å². The average Bonchev–Trinajstić information content (AvgIpc) is 3.27. The van der Waals surface area contributed by atoms with Gasteiger partial charge in [0, 0.05) is 19.0 Å². The van der Waals surface area contributed by atoms with E-state index in [-0.39, 0.29) is 5.91 Å². The van der Waals surface area contributed by atoms with Gasteiger partial charge in [-0.3, -0.25) is 4.79 Å². The summed E-state index contributed by atoms with van der Waals surface area (Å²) in [4.78, 5) is 11.6. The first-order valence-corrected chi connectivity index (χ1v) is 8.22. The van der Waals surface area contributed by atoms with E-state index in [0.717, 1.165) is 32.4 Å². The van der Waals surface area contributed by atoms with Crippen molar-refractivity contribution >= 4 is 5.91 Å². The van der Waals surface area contributed by atoms with E-state index in [1.165, 1.54) is 5.56 Å². The molecule has 0 heterocycles. The molecule has 3 heteroatoms. The Bertz CT molecular complexity index is 426. The summed E-state index contributed by atoms with van der Waals surface area (Å²) < 4.78 is 0. The lowest BCUT2D eigenvalue weighted by Gasteiger charge is -2.22. The molecular weight excluding hydrogens is 260 g/mol. The van der Waals surface area contributed by atoms with Gasteiger partial charge in [-0.05, 0) is 43.2 Å². The Morgan fingerprint density at radius 3 is 2.57 bits per heavy atom. The molecule has 0 radical (unpaired) electrons. The lowest BCUT2D eigenvalue weighted by Crippen LogP contribution is -2.28. The quantitative estimate of drug-likeness (QED) is 0.686. The molecule has 1 aromatic carbocycles. The first kappa shape index (κ1) is 16.0. The summed E-state index contributed by atoms with van der Waals surface area (Å²) in [6.45, 7) is 6.42. The smallest absolute Gasteiger partial charge is 0.220 e. The van der Waals surface area contributed by atoms with Crippen LogP contribution in [0.25, 0.3) is 0 Å². The van der Waals surface area contributed by atoms with Crippen LogP contribution in [0.3, 0.4) is 0 Å². The molecule has 1 aliphatic carbocycles. The predicted molar refractivity (Wildman–Crippen MR) is 87.3 cm³/mol. The minimum absolute atomic E-state index is 0.211. The lowest BCUT2D eigenvalue weighted by molar-refractivity contribution is -0.121. The minimum atomic E-state index is 0.211. The standard InChI is InChI=1S/C18H28N2O/c1-14(2)17(15-7-4-3-5-8-15)13-19-12-6-9-18(21)20-16-10-11-16/h3-5,7-8,14,16-17,19H,6,9-13H2,1-2H3,(H,20,21). The lowest BCUT2D eigenvalue weighted by atomic mass is 9.88. The van der Waals surface area contributed by atoms with E-state index in [0.29, 0.717) is 24.3 Å². The predicted octanol–water partition coefficient (Wildman–Crippen LogP) is 3.07. The van der Waals surface area contributed by atoms with Gasteiger partial charge in [-0.1, -0.05) is 44.2 Å². The van der Waals surface area contributed by atoms with Gasteiger partial charge in [0.05, 0.1) is 0 Å². The number of hydrogen-bond donors (Lipinski definition) is 2. The molecule has 3 nitrogen and oxygen atoms in total. The van der Waals surface area contributed by atoms with E-state index in [4.69, 9.17) is 0 Å². The fourth-order valence-corrected chi connectivity index (χ4v) is 2.60. The van der Waals surface area contributed by atoms with Crippen LogP contribution in [-0.2, 0) is 4.79 Å². The van der Waals surface area contributed by atoms with Crippen LogP contribution in [0, 0.1) is 5.92 Å². The van der Waals surface area contributed by atoms with E-state index in [9.17, 15) is 4.79 Å². The Kier molecular flexibility index (Phi) is 6.24. The Morgan fingerprint density at radius 1 is 1.24 bits per heavy atom. The highest BCUT2D eigenvalue weighted by molar-refractivity contribution is 5.76. The molecule has 0 spiro atoms. The fourth-order valence-electron chi connectivity index (χ4n) is 2.60. The third kappa shape index (κ3) is 5.88. The molecule has 21 heavy (non-hydrogen) atoms. The highest BCUT2D eigenvalue weighted by Crippen LogP contribution is 2.23. The number of amides is 1. The largest absolute Gasteiger partial charge is 0.353 e. The summed E-state index contributed by atoms with van der Waals surface area (Å²) in [5.41, 5.74) is 1.39. The number of nitrogens with one attached hydrogen (secondary N) is 2. The molecule has 1 fully saturated rings. The van der Waals surface area contributed by atoms with Crippen LogP contribution >= 0.6 is 0 Å². The second-order valence-corrected chi connectivity index (χ2v) is 6.41. The zero-order valence-corrected chi connectivity index (χ0v) is 13.3. The van der Waals surface area contributed by atoms with Crippen molar-refractivity contribution in [2.75, 3.05) is 13.1 Å². The molecule has 1 aromatic rings. The van der Waals surface area contributed by atoms with Crippen LogP contribution in [0.2, 0.25) is 0 Å². The molecule has 1 unspecified atom stereocenters. The van der Waals surface area contributed by atoms with Crippen molar-refractivity contribution in [3.05, 3.63) is 35.9 Å². The number of rotatable bonds is 9. The van der Waals surface area contributed by atoms with E-state index < -0.39 is 0 Å². The zero-order valence-electron chi connectivity index (χ0n) is 13.3. The molecule has 1 aliphatic rings. The summed E-state index contributed by atoms with van der Waals surface area (Å²) in [6.07, 6.45) is 3.88. The van der Waals surface area contributed by atoms with Gasteiger partial charge in [0.25, 0.3) is 0 Å². The van der Waals surface area contributed by atoms with Gasteiger partial charge >= 0.3 is 0 Å². The van der Waals surface area contributed by atoms with Crippen LogP contribution in [0.5, 0.6) is 0 Å². The Morgan fingerprint density at radius 2 is 1.95 bits per heavy atom. The van der Waals surface area contributed by atoms with Crippen LogP contribution in [0.15, 0.2) is 30.3 Å². The zero-order chi connectivity index (χ0) is 15.1. The van der Waals surface area contributed by atoms with Gasteiger partial charge < -0.3 is 10.6 Å². The fraction of sp³-hybridized carbons (Fsp3) is 0.611. The van der Waals surface area contributed by atoms with Crippen molar-refractivity contribution in [1.82, 2.24) is 10.6 Å². The number of carbonyl (C=O) groups is 1. The molecule has 0 bridgehead atoms. The summed E-state index contributed by atoms with van der Waals surface area (Å²) in [7, 11) is 0. The van der Waals surface area contributed by atoms with E-state index in [1.54, 1.807) is 0 Å². The Hall–Kier alpha value is -1.35. The second-order valence-electron chi connectivity index (χ2n) is 6.41. The van der Waals surface area contributed by atoms with E-state index in [1.807, 2.05) is 0 Å². The molecule has 2 N–H and O–H groups in total. The summed E-state index contributed by atoms with van der Waals surface area (Å²) in [6, 6.07) is 11.2. The van der Waals surface area contributed by atoms with Gasteiger partial charge in [0.2, 0.25) is 5.91 Å². The highest BCUT2D eigenvalue weighted by atomic mass is 16.1. The summed E-state index contributed by atoms with van der Waals surface area (Å²) in [5.74, 6) is 1.35. The van der Waals surface area contributed by atoms with Gasteiger partial charge in [-0.2, -0.15) is 0 Å². The van der Waals surface area contributed by atoms with Crippen molar-refractivity contribution in [2.24, 2.45) is 5.92 Å².